The average Bonchev–Trinajstić information content (AvgIpc) is 2.33. The molecule has 2 N–H and O–H groups in total. The van der Waals surface area contributed by atoms with Crippen molar-refractivity contribution in [2.75, 3.05) is 32.0 Å². The van der Waals surface area contributed by atoms with Crippen LogP contribution < -0.4 is 5.73 Å². The molecule has 0 atom stereocenters. The lowest BCUT2D eigenvalue weighted by Gasteiger charge is -2.25. The summed E-state index contributed by atoms with van der Waals surface area (Å²) in [5.74, 6) is 0. The highest BCUT2D eigenvalue weighted by molar-refractivity contribution is 7.97. The Bertz CT molecular complexity index is 301. The van der Waals surface area contributed by atoms with Gasteiger partial charge in [0.05, 0.1) is 13.2 Å². The van der Waals surface area contributed by atoms with Crippen LogP contribution in [0.3, 0.4) is 0 Å². The fraction of sp³-hybridized carbons (Fsp3) is 0.500. The molecule has 0 radical (unpaired) electrons. The molecular formula is C12H20N2OS. The summed E-state index contributed by atoms with van der Waals surface area (Å²) >= 11 is 1.75. The predicted molar refractivity (Wildman–Crippen MR) is 70.5 cm³/mol. The van der Waals surface area contributed by atoms with Crippen LogP contribution in [-0.2, 0) is 4.74 Å². The van der Waals surface area contributed by atoms with E-state index in [1.165, 1.54) is 4.90 Å². The first-order chi connectivity index (χ1) is 7.84. The van der Waals surface area contributed by atoms with Gasteiger partial charge in [-0.15, -0.1) is 0 Å². The van der Waals surface area contributed by atoms with Crippen LogP contribution in [0.25, 0.3) is 0 Å². The zero-order chi connectivity index (χ0) is 11.8. The monoisotopic (exact) mass is 240 g/mol. The highest BCUT2D eigenvalue weighted by Gasteiger charge is 2.11. The van der Waals surface area contributed by atoms with Gasteiger partial charge in [-0.3, -0.25) is 0 Å². The van der Waals surface area contributed by atoms with Gasteiger partial charge in [-0.2, -0.15) is 0 Å². The first-order valence-electron chi connectivity index (χ1n) is 5.71. The number of ether oxygens (including phenoxy) is 1. The Morgan fingerprint density at radius 1 is 1.25 bits per heavy atom. The van der Waals surface area contributed by atoms with Gasteiger partial charge in [-0.05, 0) is 30.1 Å². The first kappa shape index (κ1) is 13.4. The standard InChI is InChI=1S/C10H14N2OS.C2H6/c11-9-2-1-3-10(8-9)14-12-4-6-13-7-5-12;1-2/h1-3,8H,4-7,11H2;1-2H3. The number of nitrogen functional groups attached to an aromatic ring is 1. The van der Waals surface area contributed by atoms with Crippen LogP contribution in [0.4, 0.5) is 5.69 Å². The minimum Gasteiger partial charge on any atom is -0.399 e. The summed E-state index contributed by atoms with van der Waals surface area (Å²) in [6.07, 6.45) is 0. The molecule has 1 saturated heterocycles. The smallest absolute Gasteiger partial charge is 0.0603 e. The predicted octanol–water partition coefficient (Wildman–Crippen LogP) is 2.63. The van der Waals surface area contributed by atoms with Crippen molar-refractivity contribution in [3.8, 4) is 0 Å². The molecule has 0 aliphatic carbocycles. The SMILES string of the molecule is CC.Nc1cccc(SN2CCOCC2)c1. The Morgan fingerprint density at radius 2 is 1.94 bits per heavy atom. The molecule has 1 aliphatic heterocycles. The molecule has 1 fully saturated rings. The van der Waals surface area contributed by atoms with E-state index in [1.807, 2.05) is 32.0 Å². The second-order valence-electron chi connectivity index (χ2n) is 3.21. The van der Waals surface area contributed by atoms with Gasteiger partial charge in [0.25, 0.3) is 0 Å². The van der Waals surface area contributed by atoms with Crippen molar-refractivity contribution in [3.05, 3.63) is 24.3 Å². The van der Waals surface area contributed by atoms with Gasteiger partial charge >= 0.3 is 0 Å². The lowest BCUT2D eigenvalue weighted by atomic mass is 10.3. The quantitative estimate of drug-likeness (QED) is 0.637. The van der Waals surface area contributed by atoms with Crippen LogP contribution in [0.15, 0.2) is 29.2 Å². The highest BCUT2D eigenvalue weighted by Crippen LogP contribution is 2.24. The number of nitrogens with zero attached hydrogens (tertiary/aromatic N) is 1. The summed E-state index contributed by atoms with van der Waals surface area (Å²) in [5.41, 5.74) is 6.53. The molecule has 0 saturated carbocycles. The molecule has 0 aromatic heterocycles. The maximum absolute atomic E-state index is 5.71. The third-order valence-electron chi connectivity index (χ3n) is 2.06. The van der Waals surface area contributed by atoms with E-state index in [0.717, 1.165) is 32.0 Å². The molecule has 1 heterocycles. The van der Waals surface area contributed by atoms with Crippen LogP contribution in [0, 0.1) is 0 Å². The number of nitrogens with two attached hydrogens (primary N) is 1. The van der Waals surface area contributed by atoms with Gasteiger partial charge in [0.1, 0.15) is 0 Å². The lowest BCUT2D eigenvalue weighted by molar-refractivity contribution is 0.0773. The second kappa shape index (κ2) is 7.54. The lowest BCUT2D eigenvalue weighted by Crippen LogP contribution is -2.30. The summed E-state index contributed by atoms with van der Waals surface area (Å²) in [7, 11) is 0. The van der Waals surface area contributed by atoms with Crippen LogP contribution in [0.1, 0.15) is 13.8 Å². The molecule has 1 aliphatic rings. The number of anilines is 1. The minimum atomic E-state index is 0.822. The fourth-order valence-corrected chi connectivity index (χ4v) is 2.32. The van der Waals surface area contributed by atoms with Gasteiger partial charge in [0.15, 0.2) is 0 Å². The third kappa shape index (κ3) is 4.43. The van der Waals surface area contributed by atoms with E-state index < -0.39 is 0 Å². The molecule has 90 valence electrons. The topological polar surface area (TPSA) is 38.5 Å². The zero-order valence-electron chi connectivity index (χ0n) is 9.98. The Balaban J connectivity index is 0.000000606. The van der Waals surface area contributed by atoms with Crippen molar-refractivity contribution in [1.29, 1.82) is 0 Å². The number of rotatable bonds is 2. The third-order valence-corrected chi connectivity index (χ3v) is 3.15. The van der Waals surface area contributed by atoms with Crippen LogP contribution in [0.2, 0.25) is 0 Å². The van der Waals surface area contributed by atoms with Crippen molar-refractivity contribution < 1.29 is 4.74 Å². The van der Waals surface area contributed by atoms with Crippen molar-refractivity contribution in [3.63, 3.8) is 0 Å². The summed E-state index contributed by atoms with van der Waals surface area (Å²) in [6, 6.07) is 7.97. The van der Waals surface area contributed by atoms with Crippen molar-refractivity contribution in [1.82, 2.24) is 4.31 Å². The molecule has 0 bridgehead atoms. The summed E-state index contributed by atoms with van der Waals surface area (Å²) in [4.78, 5) is 1.20. The Morgan fingerprint density at radius 3 is 2.56 bits per heavy atom. The normalized spacial score (nSPS) is 16.4. The van der Waals surface area contributed by atoms with E-state index in [9.17, 15) is 0 Å². The van der Waals surface area contributed by atoms with E-state index in [0.29, 0.717) is 0 Å². The van der Waals surface area contributed by atoms with Crippen LogP contribution in [-0.4, -0.2) is 30.6 Å². The maximum Gasteiger partial charge on any atom is 0.0603 e. The number of benzene rings is 1. The van der Waals surface area contributed by atoms with E-state index in [4.69, 9.17) is 10.5 Å². The summed E-state index contributed by atoms with van der Waals surface area (Å²) < 4.78 is 7.59. The Kier molecular flexibility index (Phi) is 6.30. The van der Waals surface area contributed by atoms with E-state index in [1.54, 1.807) is 11.9 Å². The van der Waals surface area contributed by atoms with Gasteiger partial charge in [0.2, 0.25) is 0 Å². The van der Waals surface area contributed by atoms with Crippen LogP contribution in [0.5, 0.6) is 0 Å². The zero-order valence-corrected chi connectivity index (χ0v) is 10.8. The van der Waals surface area contributed by atoms with Crippen molar-refractivity contribution >= 4 is 17.6 Å². The van der Waals surface area contributed by atoms with E-state index in [2.05, 4.69) is 10.4 Å². The molecule has 16 heavy (non-hydrogen) atoms. The molecule has 1 aromatic carbocycles. The minimum absolute atomic E-state index is 0.822. The molecule has 0 unspecified atom stereocenters. The maximum atomic E-state index is 5.71. The molecule has 0 spiro atoms. The van der Waals surface area contributed by atoms with E-state index >= 15 is 0 Å². The molecule has 3 nitrogen and oxygen atoms in total. The second-order valence-corrected chi connectivity index (χ2v) is 4.38. The molecule has 4 heteroatoms. The molecule has 2 rings (SSSR count). The average molecular weight is 240 g/mol. The highest BCUT2D eigenvalue weighted by atomic mass is 32.2. The Hall–Kier alpha value is -0.710. The Labute approximate surface area is 102 Å². The summed E-state index contributed by atoms with van der Waals surface area (Å²) in [5, 5.41) is 0. The molecule has 0 amide bonds. The van der Waals surface area contributed by atoms with Gasteiger partial charge < -0.3 is 10.5 Å². The largest absolute Gasteiger partial charge is 0.399 e. The molecule has 1 aromatic rings. The van der Waals surface area contributed by atoms with Crippen LogP contribution >= 0.6 is 11.9 Å². The van der Waals surface area contributed by atoms with Crippen molar-refractivity contribution in [2.24, 2.45) is 0 Å². The fourth-order valence-electron chi connectivity index (χ4n) is 1.36. The molecular weight excluding hydrogens is 220 g/mol. The van der Waals surface area contributed by atoms with Gasteiger partial charge in [-0.1, -0.05) is 19.9 Å². The van der Waals surface area contributed by atoms with Crippen molar-refractivity contribution in [2.45, 2.75) is 18.7 Å². The van der Waals surface area contributed by atoms with Gasteiger partial charge in [0, 0.05) is 23.7 Å². The van der Waals surface area contributed by atoms with Gasteiger partial charge in [-0.25, -0.2) is 4.31 Å². The number of hydrogen-bond acceptors (Lipinski definition) is 4. The number of hydrogen-bond donors (Lipinski definition) is 1. The summed E-state index contributed by atoms with van der Waals surface area (Å²) in [6.45, 7) is 7.63. The number of morpholine rings is 1. The van der Waals surface area contributed by atoms with E-state index in [-0.39, 0.29) is 0 Å². The first-order valence-corrected chi connectivity index (χ1v) is 6.48.